The largest absolute Gasteiger partial charge is 0.295 e. The fourth-order valence-corrected chi connectivity index (χ4v) is 4.90. The van der Waals surface area contributed by atoms with Crippen molar-refractivity contribution in [3.63, 3.8) is 0 Å². The molecule has 2 aromatic rings. The molecule has 0 unspecified atom stereocenters. The van der Waals surface area contributed by atoms with Crippen LogP contribution in [0.3, 0.4) is 0 Å². The number of nitrogens with zero attached hydrogens (tertiary/aromatic N) is 3. The number of aromatic nitrogens is 2. The van der Waals surface area contributed by atoms with Crippen molar-refractivity contribution in [3.05, 3.63) is 47.8 Å². The van der Waals surface area contributed by atoms with Gasteiger partial charge in [0.2, 0.25) is 10.0 Å². The van der Waals surface area contributed by atoms with Crippen LogP contribution in [0, 0.1) is 6.92 Å². The first-order valence-electron chi connectivity index (χ1n) is 9.26. The van der Waals surface area contributed by atoms with E-state index in [-0.39, 0.29) is 10.9 Å². The highest BCUT2D eigenvalue weighted by Gasteiger charge is 2.25. The van der Waals surface area contributed by atoms with Crippen molar-refractivity contribution in [2.24, 2.45) is 7.05 Å². The van der Waals surface area contributed by atoms with Crippen LogP contribution in [0.4, 0.5) is 0 Å². The minimum absolute atomic E-state index is 0.0426. The molecule has 7 heteroatoms. The molecule has 1 saturated heterocycles. The summed E-state index contributed by atoms with van der Waals surface area (Å²) in [6.07, 6.45) is 6.38. The van der Waals surface area contributed by atoms with Gasteiger partial charge < -0.3 is 0 Å². The van der Waals surface area contributed by atoms with E-state index in [1.165, 1.54) is 17.5 Å². The van der Waals surface area contributed by atoms with Gasteiger partial charge in [0.05, 0.1) is 5.69 Å². The van der Waals surface area contributed by atoms with Gasteiger partial charge in [-0.25, -0.2) is 13.1 Å². The van der Waals surface area contributed by atoms with Gasteiger partial charge in [0.1, 0.15) is 4.90 Å². The summed E-state index contributed by atoms with van der Waals surface area (Å²) in [6, 6.07) is 10.2. The Balaban J connectivity index is 1.80. The molecule has 0 amide bonds. The highest BCUT2D eigenvalue weighted by atomic mass is 32.2. The molecule has 1 N–H and O–H groups in total. The number of aryl methyl sites for hydroxylation is 2. The molecule has 3 rings (SSSR count). The fourth-order valence-electron chi connectivity index (χ4n) is 3.65. The molecule has 1 aliphatic heterocycles. The van der Waals surface area contributed by atoms with E-state index in [0.29, 0.717) is 12.2 Å². The predicted octanol–water partition coefficient (Wildman–Crippen LogP) is 2.62. The van der Waals surface area contributed by atoms with Gasteiger partial charge in [0.25, 0.3) is 0 Å². The molecule has 0 spiro atoms. The van der Waals surface area contributed by atoms with Crippen molar-refractivity contribution in [3.8, 4) is 0 Å². The van der Waals surface area contributed by atoms with Gasteiger partial charge >= 0.3 is 0 Å². The highest BCUT2D eigenvalue weighted by Crippen LogP contribution is 2.24. The van der Waals surface area contributed by atoms with Crippen molar-refractivity contribution in [2.45, 2.75) is 43.5 Å². The number of sulfonamides is 1. The molecular formula is C19H28N4O2S. The molecule has 6 nitrogen and oxygen atoms in total. The fraction of sp³-hybridized carbons (Fsp3) is 0.526. The van der Waals surface area contributed by atoms with Crippen LogP contribution < -0.4 is 4.72 Å². The maximum atomic E-state index is 12.8. The van der Waals surface area contributed by atoms with Crippen molar-refractivity contribution in [2.75, 3.05) is 19.6 Å². The van der Waals surface area contributed by atoms with Crippen LogP contribution in [-0.4, -0.2) is 42.7 Å². The van der Waals surface area contributed by atoms with Crippen LogP contribution in [0.15, 0.2) is 41.4 Å². The Kier molecular flexibility index (Phi) is 6.11. The average Bonchev–Trinajstić information content (AvgIpc) is 2.82. The summed E-state index contributed by atoms with van der Waals surface area (Å²) < 4.78 is 29.9. The lowest BCUT2D eigenvalue weighted by atomic mass is 10.1. The van der Waals surface area contributed by atoms with E-state index in [4.69, 9.17) is 0 Å². The quantitative estimate of drug-likeness (QED) is 0.842. The monoisotopic (exact) mass is 376 g/mol. The molecule has 142 valence electrons. The Hall–Kier alpha value is -1.70. The first-order valence-corrected chi connectivity index (χ1v) is 10.7. The van der Waals surface area contributed by atoms with Crippen LogP contribution in [0.1, 0.15) is 43.0 Å². The molecule has 26 heavy (non-hydrogen) atoms. The second-order valence-electron chi connectivity index (χ2n) is 6.98. The molecule has 1 fully saturated rings. The minimum atomic E-state index is -3.58. The topological polar surface area (TPSA) is 67.2 Å². The summed E-state index contributed by atoms with van der Waals surface area (Å²) in [5.74, 6) is 0. The van der Waals surface area contributed by atoms with Crippen molar-refractivity contribution >= 4 is 10.0 Å². The zero-order valence-electron chi connectivity index (χ0n) is 15.6. The maximum absolute atomic E-state index is 12.8. The standard InChI is InChI=1S/C19H28N4O2S/c1-16-19(15-22(2)21-16)26(24,25)20-14-18(17-10-6-5-7-11-17)23-12-8-3-4-9-13-23/h5-7,10-11,15,18,20H,3-4,8-9,12-14H2,1-2H3/t18-/m1/s1. The first kappa shape index (κ1) is 19.1. The lowest BCUT2D eigenvalue weighted by Gasteiger charge is -2.31. The molecule has 1 aliphatic rings. The van der Waals surface area contributed by atoms with Crippen LogP contribution in [-0.2, 0) is 17.1 Å². The van der Waals surface area contributed by atoms with E-state index >= 15 is 0 Å². The number of hydrogen-bond acceptors (Lipinski definition) is 4. The summed E-state index contributed by atoms with van der Waals surface area (Å²) in [5, 5.41) is 4.15. The van der Waals surface area contributed by atoms with Crippen molar-refractivity contribution in [1.29, 1.82) is 0 Å². The smallest absolute Gasteiger partial charge is 0.244 e. The van der Waals surface area contributed by atoms with E-state index in [9.17, 15) is 8.42 Å². The molecule has 1 aromatic carbocycles. The molecule has 2 heterocycles. The first-order chi connectivity index (χ1) is 12.5. The summed E-state index contributed by atoms with van der Waals surface area (Å²) in [6.45, 7) is 4.10. The molecule has 0 radical (unpaired) electrons. The second kappa shape index (κ2) is 8.33. The Morgan fingerprint density at radius 1 is 1.12 bits per heavy atom. The number of rotatable bonds is 6. The highest BCUT2D eigenvalue weighted by molar-refractivity contribution is 7.89. The summed E-state index contributed by atoms with van der Waals surface area (Å²) >= 11 is 0. The van der Waals surface area contributed by atoms with Gasteiger partial charge in [-0.05, 0) is 38.4 Å². The third-order valence-electron chi connectivity index (χ3n) is 4.99. The number of nitrogens with one attached hydrogen (secondary N) is 1. The molecule has 0 saturated carbocycles. The lowest BCUT2D eigenvalue weighted by molar-refractivity contribution is 0.206. The molecular weight excluding hydrogens is 348 g/mol. The molecule has 0 aliphatic carbocycles. The molecule has 0 bridgehead atoms. The SMILES string of the molecule is Cc1nn(C)cc1S(=O)(=O)NC[C@H](c1ccccc1)N1CCCCCC1. The lowest BCUT2D eigenvalue weighted by Crippen LogP contribution is -2.38. The van der Waals surface area contributed by atoms with E-state index in [2.05, 4.69) is 26.9 Å². The second-order valence-corrected chi connectivity index (χ2v) is 8.72. The summed E-state index contributed by atoms with van der Waals surface area (Å²) in [5.41, 5.74) is 1.67. The Labute approximate surface area is 156 Å². The van der Waals surface area contributed by atoms with Crippen LogP contribution >= 0.6 is 0 Å². The average molecular weight is 377 g/mol. The van der Waals surface area contributed by atoms with Gasteiger partial charge in [-0.1, -0.05) is 43.2 Å². The Morgan fingerprint density at radius 2 is 1.77 bits per heavy atom. The van der Waals surface area contributed by atoms with E-state index in [1.54, 1.807) is 20.2 Å². The Bertz CT molecular complexity index is 809. The maximum Gasteiger partial charge on any atom is 0.244 e. The van der Waals surface area contributed by atoms with Gasteiger partial charge in [-0.15, -0.1) is 0 Å². The van der Waals surface area contributed by atoms with Crippen LogP contribution in [0.5, 0.6) is 0 Å². The molecule has 1 aromatic heterocycles. The van der Waals surface area contributed by atoms with Gasteiger partial charge in [-0.2, -0.15) is 5.10 Å². The zero-order chi connectivity index (χ0) is 18.6. The summed E-state index contributed by atoms with van der Waals surface area (Å²) in [4.78, 5) is 2.67. The number of likely N-dealkylation sites (tertiary alicyclic amines) is 1. The zero-order valence-corrected chi connectivity index (χ0v) is 16.4. The summed E-state index contributed by atoms with van der Waals surface area (Å²) in [7, 11) is -1.85. The van der Waals surface area contributed by atoms with Crippen molar-refractivity contribution in [1.82, 2.24) is 19.4 Å². The van der Waals surface area contributed by atoms with E-state index in [1.807, 2.05) is 18.2 Å². The third kappa shape index (κ3) is 4.52. The number of benzene rings is 1. The van der Waals surface area contributed by atoms with Gasteiger partial charge in [0, 0.05) is 25.8 Å². The minimum Gasteiger partial charge on any atom is -0.295 e. The predicted molar refractivity (Wildman–Crippen MR) is 102 cm³/mol. The van der Waals surface area contributed by atoms with E-state index in [0.717, 1.165) is 31.5 Å². The third-order valence-corrected chi connectivity index (χ3v) is 6.52. The van der Waals surface area contributed by atoms with Gasteiger partial charge in [-0.3, -0.25) is 9.58 Å². The van der Waals surface area contributed by atoms with Crippen molar-refractivity contribution < 1.29 is 8.42 Å². The van der Waals surface area contributed by atoms with Crippen LogP contribution in [0.2, 0.25) is 0 Å². The Morgan fingerprint density at radius 3 is 2.35 bits per heavy atom. The molecule has 1 atom stereocenters. The van der Waals surface area contributed by atoms with Crippen LogP contribution in [0.25, 0.3) is 0 Å². The van der Waals surface area contributed by atoms with Gasteiger partial charge in [0.15, 0.2) is 0 Å². The normalized spacial score (nSPS) is 17.8. The number of hydrogen-bond donors (Lipinski definition) is 1. The van der Waals surface area contributed by atoms with E-state index < -0.39 is 10.0 Å².